The van der Waals surface area contributed by atoms with Crippen LogP contribution in [0.4, 0.5) is 0 Å². The third-order valence-electron chi connectivity index (χ3n) is 15.0. The zero-order valence-corrected chi connectivity index (χ0v) is 38.8. The van der Waals surface area contributed by atoms with Gasteiger partial charge in [0, 0.05) is 58.2 Å². The highest BCUT2D eigenvalue weighted by Crippen LogP contribution is 2.48. The summed E-state index contributed by atoms with van der Waals surface area (Å²) in [6, 6.07) is 0. The van der Waals surface area contributed by atoms with E-state index in [4.69, 9.17) is 47.4 Å². The van der Waals surface area contributed by atoms with Gasteiger partial charge in [-0.15, -0.1) is 0 Å². The van der Waals surface area contributed by atoms with Gasteiger partial charge >= 0.3 is 5.97 Å². The Morgan fingerprint density at radius 2 is 1.59 bits per heavy atom. The number of esters is 1. The molecule has 0 aromatic heterocycles. The zero-order valence-electron chi connectivity index (χ0n) is 38.8. The van der Waals surface area contributed by atoms with Crippen molar-refractivity contribution in [3.63, 3.8) is 0 Å². The lowest BCUT2D eigenvalue weighted by atomic mass is 9.71. The van der Waals surface area contributed by atoms with Crippen LogP contribution in [0.3, 0.4) is 0 Å². The number of methoxy groups -OCH3 is 2. The van der Waals surface area contributed by atoms with Gasteiger partial charge in [-0.3, -0.25) is 4.79 Å². The summed E-state index contributed by atoms with van der Waals surface area (Å²) in [7, 11) is 3.20. The van der Waals surface area contributed by atoms with Crippen molar-refractivity contribution in [3.8, 4) is 0 Å². The summed E-state index contributed by atoms with van der Waals surface area (Å²) in [6.07, 6.45) is 3.00. The van der Waals surface area contributed by atoms with Crippen molar-refractivity contribution in [2.24, 2.45) is 23.7 Å². The summed E-state index contributed by atoms with van der Waals surface area (Å²) in [4.78, 5) is 14.4. The molecular weight excluding hydrogens is 817 g/mol. The first-order chi connectivity index (χ1) is 29.9. The van der Waals surface area contributed by atoms with Crippen LogP contribution < -0.4 is 0 Å². The van der Waals surface area contributed by atoms with Crippen molar-refractivity contribution >= 4 is 5.97 Å². The topological polar surface area (TPSA) is 190 Å². The Labute approximate surface area is 373 Å². The van der Waals surface area contributed by atoms with E-state index in [-0.39, 0.29) is 43.3 Å². The molecule has 1 aliphatic carbocycles. The number of hydrogen-bond donors (Lipinski definition) is 4. The van der Waals surface area contributed by atoms with E-state index in [0.29, 0.717) is 36.8 Å². The predicted molar refractivity (Wildman–Crippen MR) is 229 cm³/mol. The number of aliphatic hydroxyl groups excluding tert-OH is 3. The van der Waals surface area contributed by atoms with Gasteiger partial charge in [-0.25, -0.2) is 0 Å². The Kier molecular flexibility index (Phi) is 15.5. The van der Waals surface area contributed by atoms with E-state index in [1.165, 1.54) is 0 Å². The Morgan fingerprint density at radius 1 is 0.889 bits per heavy atom. The second-order valence-corrected chi connectivity index (χ2v) is 19.5. The number of carbonyl (C=O) groups excluding carboxylic acids is 1. The summed E-state index contributed by atoms with van der Waals surface area (Å²) < 4.78 is 63.6. The van der Waals surface area contributed by atoms with Crippen LogP contribution in [-0.4, -0.2) is 151 Å². The molecule has 4 N–H and O–H groups in total. The van der Waals surface area contributed by atoms with E-state index in [1.807, 2.05) is 39.8 Å². The van der Waals surface area contributed by atoms with E-state index in [1.54, 1.807) is 40.2 Å². The Balaban J connectivity index is 1.19. The van der Waals surface area contributed by atoms with Crippen LogP contribution in [-0.2, 0) is 52.2 Å². The van der Waals surface area contributed by atoms with Crippen LogP contribution in [0.15, 0.2) is 47.1 Å². The maximum atomic E-state index is 14.4. The first-order valence-corrected chi connectivity index (χ1v) is 23.3. The molecule has 6 heterocycles. The molecule has 15 heteroatoms. The molecule has 6 aliphatic heterocycles. The zero-order chi connectivity index (χ0) is 45.5. The van der Waals surface area contributed by atoms with Crippen molar-refractivity contribution < 1.29 is 72.6 Å². The van der Waals surface area contributed by atoms with Crippen LogP contribution in [0.5, 0.6) is 0 Å². The molecule has 0 amide bonds. The molecule has 2 bridgehead atoms. The molecule has 63 heavy (non-hydrogen) atoms. The molecule has 1 unspecified atom stereocenters. The predicted octanol–water partition coefficient (Wildman–Crippen LogP) is 4.57. The van der Waals surface area contributed by atoms with Crippen molar-refractivity contribution in [2.45, 2.75) is 204 Å². The molecule has 356 valence electrons. The van der Waals surface area contributed by atoms with Gasteiger partial charge in [0.1, 0.15) is 42.0 Å². The molecule has 5 fully saturated rings. The first kappa shape index (κ1) is 48.8. The number of aliphatic hydroxyl groups is 4. The molecule has 0 aromatic carbocycles. The third kappa shape index (κ3) is 9.98. The van der Waals surface area contributed by atoms with E-state index in [2.05, 4.69) is 19.9 Å². The highest BCUT2D eigenvalue weighted by atomic mass is 16.7. The number of fused-ring (bicyclic) bond motifs is 2. The lowest BCUT2D eigenvalue weighted by Crippen LogP contribution is -2.60. The molecular formula is C48H74O15. The maximum Gasteiger partial charge on any atom is 0.316 e. The lowest BCUT2D eigenvalue weighted by molar-refractivity contribution is -0.354. The van der Waals surface area contributed by atoms with Gasteiger partial charge < -0.3 is 67.8 Å². The average molecular weight is 891 g/mol. The highest BCUT2D eigenvalue weighted by molar-refractivity contribution is 5.78. The largest absolute Gasteiger partial charge is 0.462 e. The fourth-order valence-corrected chi connectivity index (χ4v) is 11.0. The minimum atomic E-state index is -1.87. The lowest BCUT2D eigenvalue weighted by Gasteiger charge is -2.52. The standard InChI is InChI=1S/C48H74O15/c1-11-24(2)43-28(6)35(49)22-47(63-43)21-33-18-32(62-47)16-15-26(4)42(25(3)13-12-14-31-23-56-45-40(50)27(5)17-34(46(52)59-33)48(31,45)53)60-39-20-37(55-10)44(30(8)58-39)61-38-19-36(54-9)41(51)29(7)57-38/h12-15,17,24-25,28-30,32-45,49-51,53H,11,16,18-23H2,1-10H3/b13-12+,26-15+,31-14+/t24-,25-,28-,29-,30-,32+,33-,34-,35-,36-,37-,38-,39-,40+,41-,42+,43+,44?,45+,47-,48+/m0/s1. The van der Waals surface area contributed by atoms with Gasteiger partial charge in [0.05, 0.1) is 55.4 Å². The van der Waals surface area contributed by atoms with E-state index >= 15 is 0 Å². The second kappa shape index (κ2) is 20.0. The van der Waals surface area contributed by atoms with Crippen molar-refractivity contribution in [2.75, 3.05) is 20.8 Å². The molecule has 1 spiro atoms. The van der Waals surface area contributed by atoms with E-state index in [9.17, 15) is 25.2 Å². The van der Waals surface area contributed by atoms with E-state index in [0.717, 1.165) is 12.0 Å². The van der Waals surface area contributed by atoms with Crippen LogP contribution >= 0.6 is 0 Å². The Hall–Kier alpha value is -2.09. The molecule has 0 radical (unpaired) electrons. The molecule has 15 nitrogen and oxygen atoms in total. The summed E-state index contributed by atoms with van der Waals surface area (Å²) in [6.45, 7) is 15.7. The second-order valence-electron chi connectivity index (χ2n) is 19.5. The van der Waals surface area contributed by atoms with Crippen LogP contribution in [0.1, 0.15) is 100 Å². The van der Waals surface area contributed by atoms with Crippen LogP contribution in [0.2, 0.25) is 0 Å². The number of rotatable bonds is 8. The van der Waals surface area contributed by atoms with Gasteiger partial charge in [0.15, 0.2) is 18.4 Å². The molecule has 7 aliphatic rings. The van der Waals surface area contributed by atoms with Crippen LogP contribution in [0.25, 0.3) is 0 Å². The summed E-state index contributed by atoms with van der Waals surface area (Å²) >= 11 is 0. The molecule has 21 atom stereocenters. The van der Waals surface area contributed by atoms with Gasteiger partial charge in [-0.05, 0) is 56.8 Å². The van der Waals surface area contributed by atoms with Crippen molar-refractivity contribution in [3.05, 3.63) is 47.1 Å². The van der Waals surface area contributed by atoms with Gasteiger partial charge in [-0.2, -0.15) is 0 Å². The van der Waals surface area contributed by atoms with Gasteiger partial charge in [-0.1, -0.05) is 64.5 Å². The quantitative estimate of drug-likeness (QED) is 0.196. The average Bonchev–Trinajstić information content (AvgIpc) is 3.59. The number of allylic oxidation sites excluding steroid dienone is 2. The van der Waals surface area contributed by atoms with Crippen molar-refractivity contribution in [1.82, 2.24) is 0 Å². The minimum Gasteiger partial charge on any atom is -0.462 e. The number of carbonyl (C=O) groups is 1. The SMILES string of the molecule is CC[C@H](C)[C@H]1O[C@@]2(C[C@@H]3C[C@@H](C/C=C(\C)[C@H](O[C@H]4C[C@H](OC)C(O[C@H]5C[C@H](OC)[C@@H](O)[C@H](C)O5)[C@H](C)O4)[C@@H](C)/C=C/C=C4\CO[C@@H]5[C@H](O)C(C)=C[C@@H](C(=O)O3)[C@]45O)O2)C[C@H](O)[C@@H]1C. The summed E-state index contributed by atoms with van der Waals surface area (Å²) in [5.41, 5.74) is 0.0234. The number of ether oxygens (including phenoxy) is 10. The highest BCUT2D eigenvalue weighted by Gasteiger charge is 2.60. The Morgan fingerprint density at radius 3 is 2.30 bits per heavy atom. The van der Waals surface area contributed by atoms with Gasteiger partial charge in [0.2, 0.25) is 0 Å². The van der Waals surface area contributed by atoms with Crippen LogP contribution in [0, 0.1) is 23.7 Å². The molecule has 7 rings (SSSR count). The maximum absolute atomic E-state index is 14.4. The summed E-state index contributed by atoms with van der Waals surface area (Å²) in [5.74, 6) is -3.19. The fraction of sp³-hybridized carbons (Fsp3) is 0.812. The molecule has 0 aromatic rings. The Bertz CT molecular complexity index is 1710. The monoisotopic (exact) mass is 891 g/mol. The third-order valence-corrected chi connectivity index (χ3v) is 15.0. The first-order valence-electron chi connectivity index (χ1n) is 23.3. The van der Waals surface area contributed by atoms with Gasteiger partial charge in [0.25, 0.3) is 0 Å². The molecule has 5 saturated heterocycles. The number of hydrogen-bond acceptors (Lipinski definition) is 15. The normalized spacial score (nSPS) is 50.0. The smallest absolute Gasteiger partial charge is 0.316 e. The summed E-state index contributed by atoms with van der Waals surface area (Å²) in [5, 5.41) is 45.7. The molecule has 0 saturated carbocycles. The minimum absolute atomic E-state index is 0.0109. The van der Waals surface area contributed by atoms with E-state index < -0.39 is 109 Å². The van der Waals surface area contributed by atoms with Crippen molar-refractivity contribution in [1.29, 1.82) is 0 Å². The fourth-order valence-electron chi connectivity index (χ4n) is 11.0.